The van der Waals surface area contributed by atoms with E-state index in [0.717, 1.165) is 12.1 Å². The third kappa shape index (κ3) is 3.48. The quantitative estimate of drug-likeness (QED) is 0.451. The number of carbonyl (C=O) groups is 1. The molecule has 32 heavy (non-hydrogen) atoms. The van der Waals surface area contributed by atoms with E-state index in [-0.39, 0.29) is 5.82 Å². The molecule has 0 amide bonds. The number of para-hydroxylation sites is 1. The first kappa shape index (κ1) is 20.2. The first-order valence-electron chi connectivity index (χ1n) is 10.5. The van der Waals surface area contributed by atoms with E-state index in [1.54, 1.807) is 36.4 Å². The number of nitrogens with zero attached hydrogens (tertiary/aromatic N) is 2. The molecule has 1 aliphatic heterocycles. The number of aromatic nitrogens is 1. The molecule has 0 spiro atoms. The van der Waals surface area contributed by atoms with Crippen LogP contribution in [-0.2, 0) is 6.54 Å². The molecule has 6 heteroatoms. The number of halogens is 1. The van der Waals surface area contributed by atoms with E-state index in [0.29, 0.717) is 57.9 Å². The van der Waals surface area contributed by atoms with E-state index in [2.05, 4.69) is 4.90 Å². The summed E-state index contributed by atoms with van der Waals surface area (Å²) in [5.74, 6) is -0.303. The smallest absolute Gasteiger partial charge is 0.336 e. The van der Waals surface area contributed by atoms with Crippen molar-refractivity contribution in [2.24, 2.45) is 0 Å². The Balaban J connectivity index is 1.66. The van der Waals surface area contributed by atoms with Gasteiger partial charge in [-0.15, -0.1) is 0 Å². The Morgan fingerprint density at radius 2 is 1.91 bits per heavy atom. The van der Waals surface area contributed by atoms with Crippen molar-refractivity contribution in [3.8, 4) is 11.3 Å². The summed E-state index contributed by atoms with van der Waals surface area (Å²) in [6, 6.07) is 17.3. The average Bonchev–Trinajstić information content (AvgIpc) is 3.25. The van der Waals surface area contributed by atoms with Gasteiger partial charge in [-0.25, -0.2) is 14.2 Å². The fourth-order valence-electron chi connectivity index (χ4n) is 4.26. The van der Waals surface area contributed by atoms with Crippen LogP contribution in [0.5, 0.6) is 0 Å². The van der Waals surface area contributed by atoms with Gasteiger partial charge < -0.3 is 9.52 Å². The SMILES string of the molecule is CCN1C/C(=C/c2ccc(-c3ccccc3F)o2)c2nc3ccccc3c(C(=O)O)c2C1. The van der Waals surface area contributed by atoms with Crippen LogP contribution in [0.25, 0.3) is 33.9 Å². The number of carboxylic acid groups (broad SMARTS) is 1. The van der Waals surface area contributed by atoms with Crippen LogP contribution in [0.4, 0.5) is 4.39 Å². The van der Waals surface area contributed by atoms with Crippen molar-refractivity contribution in [2.45, 2.75) is 13.5 Å². The molecule has 4 aromatic rings. The lowest BCUT2D eigenvalue weighted by molar-refractivity contribution is 0.0696. The van der Waals surface area contributed by atoms with Crippen molar-refractivity contribution in [1.82, 2.24) is 9.88 Å². The molecule has 3 heterocycles. The lowest BCUT2D eigenvalue weighted by Crippen LogP contribution is -2.31. The molecule has 0 unspecified atom stereocenters. The first-order chi connectivity index (χ1) is 15.5. The molecule has 0 saturated carbocycles. The van der Waals surface area contributed by atoms with Gasteiger partial charge in [0.05, 0.1) is 22.3 Å². The maximum atomic E-state index is 14.2. The van der Waals surface area contributed by atoms with Crippen molar-refractivity contribution in [2.75, 3.05) is 13.1 Å². The number of rotatable bonds is 4. The fourth-order valence-corrected chi connectivity index (χ4v) is 4.26. The van der Waals surface area contributed by atoms with Crippen molar-refractivity contribution >= 4 is 28.5 Å². The molecule has 0 fully saturated rings. The van der Waals surface area contributed by atoms with Gasteiger partial charge in [0.2, 0.25) is 0 Å². The van der Waals surface area contributed by atoms with Crippen LogP contribution in [0.3, 0.4) is 0 Å². The Kier molecular flexibility index (Phi) is 5.07. The summed E-state index contributed by atoms with van der Waals surface area (Å²) < 4.78 is 20.1. The number of benzene rings is 2. The molecule has 0 radical (unpaired) electrons. The van der Waals surface area contributed by atoms with Crippen LogP contribution in [0, 0.1) is 5.82 Å². The van der Waals surface area contributed by atoms with E-state index in [9.17, 15) is 14.3 Å². The second-order valence-corrected chi connectivity index (χ2v) is 7.79. The Labute approximate surface area is 184 Å². The third-order valence-electron chi connectivity index (χ3n) is 5.82. The van der Waals surface area contributed by atoms with Crippen LogP contribution in [0.1, 0.15) is 34.3 Å². The molecule has 5 nitrogen and oxygen atoms in total. The fraction of sp³-hybridized carbons (Fsp3) is 0.154. The molecule has 2 aromatic carbocycles. The average molecular weight is 428 g/mol. The Bertz CT molecular complexity index is 1370. The van der Waals surface area contributed by atoms with E-state index in [1.165, 1.54) is 6.07 Å². The summed E-state index contributed by atoms with van der Waals surface area (Å²) >= 11 is 0. The number of hydrogen-bond donors (Lipinski definition) is 1. The number of likely N-dealkylation sites (N-methyl/N-ethyl adjacent to an activating group) is 1. The predicted octanol–water partition coefficient (Wildman–Crippen LogP) is 5.71. The van der Waals surface area contributed by atoms with Crippen LogP contribution >= 0.6 is 0 Å². The number of furan rings is 1. The molecule has 0 atom stereocenters. The van der Waals surface area contributed by atoms with Gasteiger partial charge in [0.1, 0.15) is 17.3 Å². The molecule has 0 saturated heterocycles. The summed E-state index contributed by atoms with van der Waals surface area (Å²) in [7, 11) is 0. The highest BCUT2D eigenvalue weighted by Gasteiger charge is 2.28. The highest BCUT2D eigenvalue weighted by molar-refractivity contribution is 6.05. The zero-order valence-electron chi connectivity index (χ0n) is 17.5. The standard InChI is InChI=1S/C26H21FN2O3/c1-2-29-14-16(13-17-11-12-23(32-17)18-7-3-5-9-21(18)27)25-20(15-29)24(26(30)31)19-8-4-6-10-22(19)28-25/h3-13H,2,14-15H2,1H3,(H,30,31)/b16-13-. The molecule has 160 valence electrons. The van der Waals surface area contributed by atoms with Gasteiger partial charge in [-0.2, -0.15) is 0 Å². The first-order valence-corrected chi connectivity index (χ1v) is 10.5. The number of aromatic carboxylic acids is 1. The summed E-state index contributed by atoms with van der Waals surface area (Å²) in [4.78, 5) is 19.2. The number of hydrogen-bond acceptors (Lipinski definition) is 4. The molecule has 0 aliphatic carbocycles. The van der Waals surface area contributed by atoms with Crippen LogP contribution < -0.4 is 0 Å². The normalized spacial score (nSPS) is 15.2. The van der Waals surface area contributed by atoms with Gasteiger partial charge in [0, 0.05) is 24.0 Å². The Hall–Kier alpha value is -3.77. The number of fused-ring (bicyclic) bond motifs is 2. The van der Waals surface area contributed by atoms with Crippen molar-refractivity contribution in [3.05, 3.63) is 89.1 Å². The predicted molar refractivity (Wildman–Crippen MR) is 122 cm³/mol. The van der Waals surface area contributed by atoms with Gasteiger partial charge in [0.15, 0.2) is 0 Å². The minimum Gasteiger partial charge on any atom is -0.478 e. The van der Waals surface area contributed by atoms with E-state index in [4.69, 9.17) is 9.40 Å². The molecule has 1 aliphatic rings. The van der Waals surface area contributed by atoms with E-state index < -0.39 is 5.97 Å². The van der Waals surface area contributed by atoms with Gasteiger partial charge in [-0.3, -0.25) is 4.90 Å². The lowest BCUT2D eigenvalue weighted by Gasteiger charge is -2.30. The second-order valence-electron chi connectivity index (χ2n) is 7.79. The minimum atomic E-state index is -0.961. The molecular formula is C26H21FN2O3. The van der Waals surface area contributed by atoms with Gasteiger partial charge >= 0.3 is 5.97 Å². The zero-order valence-corrected chi connectivity index (χ0v) is 17.5. The minimum absolute atomic E-state index is 0.293. The van der Waals surface area contributed by atoms with Crippen molar-refractivity contribution in [1.29, 1.82) is 0 Å². The Morgan fingerprint density at radius 3 is 2.69 bits per heavy atom. The van der Waals surface area contributed by atoms with Crippen LogP contribution in [0.15, 0.2) is 65.1 Å². The maximum Gasteiger partial charge on any atom is 0.336 e. The van der Waals surface area contributed by atoms with Crippen molar-refractivity contribution in [3.63, 3.8) is 0 Å². The van der Waals surface area contributed by atoms with Gasteiger partial charge in [0.25, 0.3) is 0 Å². The number of pyridine rings is 1. The zero-order chi connectivity index (χ0) is 22.2. The number of carboxylic acids is 1. The van der Waals surface area contributed by atoms with Gasteiger partial charge in [-0.05, 0) is 48.5 Å². The lowest BCUT2D eigenvalue weighted by atomic mass is 9.92. The second kappa shape index (κ2) is 8.05. The van der Waals surface area contributed by atoms with Crippen molar-refractivity contribution < 1.29 is 18.7 Å². The molecule has 0 bridgehead atoms. The van der Waals surface area contributed by atoms with Crippen LogP contribution in [-0.4, -0.2) is 34.0 Å². The Morgan fingerprint density at radius 1 is 1.12 bits per heavy atom. The molecule has 5 rings (SSSR count). The monoisotopic (exact) mass is 428 g/mol. The summed E-state index contributed by atoms with van der Waals surface area (Å²) in [6.07, 6.45) is 1.87. The molecule has 2 aromatic heterocycles. The largest absolute Gasteiger partial charge is 0.478 e. The van der Waals surface area contributed by atoms with Gasteiger partial charge in [-0.1, -0.05) is 37.3 Å². The maximum absolute atomic E-state index is 14.2. The third-order valence-corrected chi connectivity index (χ3v) is 5.82. The highest BCUT2D eigenvalue weighted by atomic mass is 19.1. The van der Waals surface area contributed by atoms with E-state index >= 15 is 0 Å². The topological polar surface area (TPSA) is 66.6 Å². The van der Waals surface area contributed by atoms with Crippen LogP contribution in [0.2, 0.25) is 0 Å². The van der Waals surface area contributed by atoms with E-state index in [1.807, 2.05) is 31.2 Å². The summed E-state index contributed by atoms with van der Waals surface area (Å²) in [5, 5.41) is 10.6. The summed E-state index contributed by atoms with van der Waals surface area (Å²) in [6.45, 7) is 3.94. The highest BCUT2D eigenvalue weighted by Crippen LogP contribution is 2.35. The summed E-state index contributed by atoms with van der Waals surface area (Å²) in [5.41, 5.74) is 3.59. The molecular weight excluding hydrogens is 407 g/mol. The molecule has 1 N–H and O–H groups in total.